The molecule has 0 atom stereocenters. The summed E-state index contributed by atoms with van der Waals surface area (Å²) in [5, 5.41) is 3.07. The van der Waals surface area contributed by atoms with Crippen LogP contribution in [-0.4, -0.2) is 14.2 Å². The molecular formula is C11H13NO2S2. The van der Waals surface area contributed by atoms with Gasteiger partial charge in [0.1, 0.15) is 0 Å². The Balaban J connectivity index is 2.27. The van der Waals surface area contributed by atoms with Gasteiger partial charge in [0.05, 0.1) is 5.75 Å². The lowest BCUT2D eigenvalue weighted by Gasteiger charge is -2.06. The molecular weight excluding hydrogens is 242 g/mol. The third kappa shape index (κ3) is 2.54. The smallest absolute Gasteiger partial charge is 0.232 e. The van der Waals surface area contributed by atoms with Gasteiger partial charge < -0.3 is 0 Å². The van der Waals surface area contributed by atoms with Gasteiger partial charge in [0.2, 0.25) is 10.0 Å². The number of thiophene rings is 1. The van der Waals surface area contributed by atoms with Crippen LogP contribution in [0.2, 0.25) is 0 Å². The molecule has 1 aromatic heterocycles. The highest BCUT2D eigenvalue weighted by molar-refractivity contribution is 7.92. The first-order valence-electron chi connectivity index (χ1n) is 5.08. The molecule has 5 heteroatoms. The summed E-state index contributed by atoms with van der Waals surface area (Å²) < 4.78 is 26.9. The Morgan fingerprint density at radius 2 is 2.12 bits per heavy atom. The summed E-state index contributed by atoms with van der Waals surface area (Å²) in [6.45, 7) is 1.85. The minimum atomic E-state index is -3.18. The predicted molar refractivity (Wildman–Crippen MR) is 69.5 cm³/mol. The number of sulfonamides is 1. The van der Waals surface area contributed by atoms with E-state index in [1.165, 1.54) is 4.70 Å². The molecule has 0 bridgehead atoms. The van der Waals surface area contributed by atoms with Crippen LogP contribution in [0.1, 0.15) is 13.3 Å². The molecule has 0 unspecified atom stereocenters. The van der Waals surface area contributed by atoms with Crippen LogP contribution in [0.5, 0.6) is 0 Å². The lowest BCUT2D eigenvalue weighted by molar-refractivity contribution is 0.600. The third-order valence-corrected chi connectivity index (χ3v) is 4.59. The number of nitrogens with one attached hydrogen (secondary N) is 1. The van der Waals surface area contributed by atoms with E-state index in [9.17, 15) is 8.42 Å². The minimum Gasteiger partial charge on any atom is -0.284 e. The molecule has 0 spiro atoms. The molecule has 0 saturated heterocycles. The molecule has 86 valence electrons. The molecule has 0 amide bonds. The quantitative estimate of drug-likeness (QED) is 0.912. The van der Waals surface area contributed by atoms with Crippen molar-refractivity contribution in [1.82, 2.24) is 0 Å². The second kappa shape index (κ2) is 4.43. The first kappa shape index (κ1) is 11.4. The topological polar surface area (TPSA) is 46.2 Å². The van der Waals surface area contributed by atoms with Crippen LogP contribution in [0.3, 0.4) is 0 Å². The van der Waals surface area contributed by atoms with Gasteiger partial charge in [-0.15, -0.1) is 11.3 Å². The highest BCUT2D eigenvalue weighted by Gasteiger charge is 2.08. The van der Waals surface area contributed by atoms with Crippen molar-refractivity contribution >= 4 is 37.1 Å². The number of rotatable bonds is 4. The molecule has 0 aliphatic heterocycles. The zero-order chi connectivity index (χ0) is 11.6. The molecule has 1 aromatic carbocycles. The fraction of sp³-hybridized carbons (Fsp3) is 0.273. The molecule has 2 aromatic rings. The monoisotopic (exact) mass is 255 g/mol. The zero-order valence-corrected chi connectivity index (χ0v) is 10.6. The van der Waals surface area contributed by atoms with E-state index < -0.39 is 10.0 Å². The van der Waals surface area contributed by atoms with Gasteiger partial charge >= 0.3 is 0 Å². The van der Waals surface area contributed by atoms with E-state index in [0.29, 0.717) is 12.1 Å². The lowest BCUT2D eigenvalue weighted by Crippen LogP contribution is -2.15. The van der Waals surface area contributed by atoms with Crippen molar-refractivity contribution < 1.29 is 8.42 Å². The SMILES string of the molecule is CCCS(=O)(=O)Nc1ccc2sccc2c1. The van der Waals surface area contributed by atoms with Crippen molar-refractivity contribution in [2.45, 2.75) is 13.3 Å². The van der Waals surface area contributed by atoms with E-state index in [0.717, 1.165) is 5.39 Å². The number of anilines is 1. The summed E-state index contributed by atoms with van der Waals surface area (Å²) in [4.78, 5) is 0. The van der Waals surface area contributed by atoms with Gasteiger partial charge in [0.25, 0.3) is 0 Å². The second-order valence-corrected chi connectivity index (χ2v) is 6.38. The molecule has 0 fully saturated rings. The fourth-order valence-electron chi connectivity index (χ4n) is 1.53. The Bertz CT molecular complexity index is 587. The molecule has 1 heterocycles. The molecule has 0 aliphatic carbocycles. The third-order valence-electron chi connectivity index (χ3n) is 2.20. The molecule has 3 nitrogen and oxygen atoms in total. The summed E-state index contributed by atoms with van der Waals surface area (Å²) >= 11 is 1.65. The van der Waals surface area contributed by atoms with E-state index in [1.54, 1.807) is 17.4 Å². The largest absolute Gasteiger partial charge is 0.284 e. The van der Waals surface area contributed by atoms with Crippen LogP contribution in [0, 0.1) is 0 Å². The molecule has 0 radical (unpaired) electrons. The summed E-state index contributed by atoms with van der Waals surface area (Å²) in [5.74, 6) is 0.161. The maximum atomic E-state index is 11.6. The van der Waals surface area contributed by atoms with Crippen molar-refractivity contribution in [2.75, 3.05) is 10.5 Å². The fourth-order valence-corrected chi connectivity index (χ4v) is 3.43. The van der Waals surface area contributed by atoms with Crippen LogP contribution in [0.25, 0.3) is 10.1 Å². The van der Waals surface area contributed by atoms with Crippen molar-refractivity contribution in [2.24, 2.45) is 0 Å². The van der Waals surface area contributed by atoms with Gasteiger partial charge in [-0.1, -0.05) is 6.92 Å². The average Bonchev–Trinajstić information content (AvgIpc) is 2.63. The van der Waals surface area contributed by atoms with Crippen molar-refractivity contribution in [3.05, 3.63) is 29.6 Å². The Hall–Kier alpha value is -1.07. The maximum Gasteiger partial charge on any atom is 0.232 e. The van der Waals surface area contributed by atoms with Crippen LogP contribution in [0.4, 0.5) is 5.69 Å². The summed E-state index contributed by atoms with van der Waals surface area (Å²) in [7, 11) is -3.18. The standard InChI is InChI=1S/C11H13NO2S2/c1-2-7-16(13,14)12-10-3-4-11-9(8-10)5-6-15-11/h3-6,8,12H,2,7H2,1H3. The Morgan fingerprint density at radius 1 is 1.31 bits per heavy atom. The van der Waals surface area contributed by atoms with Crippen molar-refractivity contribution in [3.8, 4) is 0 Å². The summed E-state index contributed by atoms with van der Waals surface area (Å²) in [6, 6.07) is 7.58. The van der Waals surface area contributed by atoms with Gasteiger partial charge in [-0.05, 0) is 41.5 Å². The van der Waals surface area contributed by atoms with E-state index in [2.05, 4.69) is 4.72 Å². The number of hydrogen-bond donors (Lipinski definition) is 1. The molecule has 1 N–H and O–H groups in total. The van der Waals surface area contributed by atoms with E-state index in [1.807, 2.05) is 30.5 Å². The molecule has 0 saturated carbocycles. The van der Waals surface area contributed by atoms with Gasteiger partial charge in [-0.3, -0.25) is 4.72 Å². The minimum absolute atomic E-state index is 0.161. The van der Waals surface area contributed by atoms with E-state index >= 15 is 0 Å². The first-order valence-corrected chi connectivity index (χ1v) is 7.62. The summed E-state index contributed by atoms with van der Waals surface area (Å²) in [6.07, 6.45) is 0.621. The van der Waals surface area contributed by atoms with Gasteiger partial charge in [0.15, 0.2) is 0 Å². The molecule has 2 rings (SSSR count). The van der Waals surface area contributed by atoms with Gasteiger partial charge in [0, 0.05) is 10.4 Å². The predicted octanol–water partition coefficient (Wildman–Crippen LogP) is 3.05. The van der Waals surface area contributed by atoms with Crippen molar-refractivity contribution in [3.63, 3.8) is 0 Å². The van der Waals surface area contributed by atoms with Crippen LogP contribution < -0.4 is 4.72 Å². The van der Waals surface area contributed by atoms with Crippen LogP contribution in [-0.2, 0) is 10.0 Å². The van der Waals surface area contributed by atoms with Crippen molar-refractivity contribution in [1.29, 1.82) is 0 Å². The zero-order valence-electron chi connectivity index (χ0n) is 8.93. The normalized spacial score (nSPS) is 11.8. The maximum absolute atomic E-state index is 11.6. The van der Waals surface area contributed by atoms with Crippen LogP contribution in [0.15, 0.2) is 29.6 Å². The highest BCUT2D eigenvalue weighted by Crippen LogP contribution is 2.24. The number of hydrogen-bond acceptors (Lipinski definition) is 3. The number of benzene rings is 1. The van der Waals surface area contributed by atoms with Gasteiger partial charge in [-0.25, -0.2) is 8.42 Å². The first-order chi connectivity index (χ1) is 7.61. The van der Waals surface area contributed by atoms with E-state index in [4.69, 9.17) is 0 Å². The van der Waals surface area contributed by atoms with Gasteiger partial charge in [-0.2, -0.15) is 0 Å². The summed E-state index contributed by atoms with van der Waals surface area (Å²) in [5.41, 5.74) is 0.638. The van der Waals surface area contributed by atoms with E-state index in [-0.39, 0.29) is 5.75 Å². The molecule has 16 heavy (non-hydrogen) atoms. The average molecular weight is 255 g/mol. The Morgan fingerprint density at radius 3 is 2.88 bits per heavy atom. The Kier molecular flexibility index (Phi) is 3.16. The number of fused-ring (bicyclic) bond motifs is 1. The Labute approximate surface area is 99.2 Å². The van der Waals surface area contributed by atoms with Crippen LogP contribution >= 0.6 is 11.3 Å². The lowest BCUT2D eigenvalue weighted by atomic mass is 10.2. The second-order valence-electron chi connectivity index (χ2n) is 3.59. The highest BCUT2D eigenvalue weighted by atomic mass is 32.2. The molecule has 0 aliphatic rings.